The number of aromatic nitrogens is 1. The average Bonchev–Trinajstić information content (AvgIpc) is 3.17. The number of rotatable bonds is 6. The second-order valence-electron chi connectivity index (χ2n) is 6.70. The maximum Gasteiger partial charge on any atom is 0.237 e. The molecule has 0 N–H and O–H groups in total. The van der Waals surface area contributed by atoms with Crippen LogP contribution in [0.15, 0.2) is 53.8 Å². The van der Waals surface area contributed by atoms with Crippen molar-refractivity contribution in [1.29, 1.82) is 0 Å². The van der Waals surface area contributed by atoms with Crippen molar-refractivity contribution in [3.8, 4) is 0 Å². The zero-order valence-electron chi connectivity index (χ0n) is 15.2. The summed E-state index contributed by atoms with van der Waals surface area (Å²) in [6.45, 7) is 5.35. The number of Topliss-reactive ketones (excluding diaryl/α,β-unsaturated/α-hetero) is 1. The Morgan fingerprint density at radius 2 is 2.04 bits per heavy atom. The summed E-state index contributed by atoms with van der Waals surface area (Å²) >= 11 is 5.56. The Bertz CT molecular complexity index is 799. The largest absolute Gasteiger partial charge is 0.758 e. The Morgan fingerprint density at radius 3 is 2.69 bits per heavy atom. The summed E-state index contributed by atoms with van der Waals surface area (Å²) in [5.74, 6) is -0.0367. The lowest BCUT2D eigenvalue weighted by molar-refractivity contribution is -0.691. The van der Waals surface area contributed by atoms with Gasteiger partial charge in [-0.1, -0.05) is 18.2 Å². The minimum absolute atomic E-state index is 0.0367. The summed E-state index contributed by atoms with van der Waals surface area (Å²) in [7, 11) is 0. The highest BCUT2D eigenvalue weighted by Gasteiger charge is 2.28. The number of aryl methyl sites for hydroxylation is 2. The molecule has 0 aliphatic carbocycles. The van der Waals surface area contributed by atoms with Crippen LogP contribution >= 0.6 is 0 Å². The molecule has 2 atom stereocenters. The molecule has 26 heavy (non-hydrogen) atoms. The van der Waals surface area contributed by atoms with Crippen molar-refractivity contribution >= 4 is 23.5 Å². The van der Waals surface area contributed by atoms with Crippen LogP contribution in [0.5, 0.6) is 0 Å². The van der Waals surface area contributed by atoms with Crippen molar-refractivity contribution in [2.24, 2.45) is 4.99 Å². The lowest BCUT2D eigenvalue weighted by atomic mass is 9.99. The predicted octanol–water partition coefficient (Wildman–Crippen LogP) is 3.14. The molecule has 1 saturated heterocycles. The van der Waals surface area contributed by atoms with E-state index >= 15 is 0 Å². The minimum atomic E-state index is -0.616. The quantitative estimate of drug-likeness (QED) is 0.259. The van der Waals surface area contributed by atoms with Crippen LogP contribution in [0.25, 0.3) is 0 Å². The van der Waals surface area contributed by atoms with Crippen molar-refractivity contribution < 1.29 is 14.1 Å². The van der Waals surface area contributed by atoms with Gasteiger partial charge in [0.15, 0.2) is 12.4 Å². The Labute approximate surface area is 160 Å². The lowest BCUT2D eigenvalue weighted by Crippen LogP contribution is -2.47. The lowest BCUT2D eigenvalue weighted by Gasteiger charge is -2.19. The predicted molar refractivity (Wildman–Crippen MR) is 105 cm³/mol. The van der Waals surface area contributed by atoms with Gasteiger partial charge in [-0.2, -0.15) is 4.57 Å². The Kier molecular flexibility index (Phi) is 6.12. The van der Waals surface area contributed by atoms with Crippen LogP contribution < -0.4 is 4.57 Å². The molecule has 2 heterocycles. The molecule has 5 heteroatoms. The molecule has 1 aromatic heterocycles. The molecular weight excluding hydrogens is 344 g/mol. The van der Waals surface area contributed by atoms with Gasteiger partial charge in [0.2, 0.25) is 11.8 Å². The van der Waals surface area contributed by atoms with Crippen LogP contribution in [-0.4, -0.2) is 30.1 Å². The number of benzene rings is 1. The molecule has 0 unspecified atom stereocenters. The monoisotopic (exact) mass is 368 g/mol. The first-order valence-corrected chi connectivity index (χ1v) is 9.37. The number of nitrogens with zero attached hydrogens (tertiary/aromatic N) is 2. The molecule has 4 nitrogen and oxygen atoms in total. The van der Waals surface area contributed by atoms with Gasteiger partial charge in [0.05, 0.1) is 12.6 Å². The summed E-state index contributed by atoms with van der Waals surface area (Å²) in [5.41, 5.74) is 2.91. The molecule has 1 aromatic carbocycles. The van der Waals surface area contributed by atoms with Crippen molar-refractivity contribution in [2.45, 2.75) is 38.8 Å². The van der Waals surface area contributed by atoms with Crippen LogP contribution in [0.1, 0.15) is 40.4 Å². The summed E-state index contributed by atoms with van der Waals surface area (Å²) in [6, 6.07) is 10.9. The Balaban J connectivity index is 1.91. The molecule has 0 spiro atoms. The van der Waals surface area contributed by atoms with Gasteiger partial charge in [0, 0.05) is 24.3 Å². The second-order valence-corrected chi connectivity index (χ2v) is 7.12. The molecule has 0 saturated carbocycles. The van der Waals surface area contributed by atoms with Crippen LogP contribution in [-0.2, 0) is 17.4 Å². The van der Waals surface area contributed by atoms with Crippen molar-refractivity contribution in [2.75, 3.05) is 13.2 Å². The number of ketones is 1. The molecule has 136 valence electrons. The molecule has 2 aromatic rings. The zero-order valence-corrected chi connectivity index (χ0v) is 16.0. The van der Waals surface area contributed by atoms with Gasteiger partial charge in [0.1, 0.15) is 0 Å². The number of carbonyl (C=O) groups excluding carboxylic acids is 1. The molecule has 1 aliphatic heterocycles. The molecule has 0 radical (unpaired) electrons. The highest BCUT2D eigenvalue weighted by molar-refractivity contribution is 7.77. The number of ether oxygens (including phenoxy) is 1. The van der Waals surface area contributed by atoms with E-state index in [1.165, 1.54) is 0 Å². The maximum absolute atomic E-state index is 13.2. The third-order valence-electron chi connectivity index (χ3n) is 4.79. The number of pyridine rings is 1. The first kappa shape index (κ1) is 18.7. The Morgan fingerprint density at radius 1 is 1.27 bits per heavy atom. The van der Waals surface area contributed by atoms with E-state index in [-0.39, 0.29) is 11.9 Å². The van der Waals surface area contributed by atoms with Gasteiger partial charge in [0.25, 0.3) is 0 Å². The fourth-order valence-corrected chi connectivity index (χ4v) is 3.38. The normalized spacial score (nSPS) is 18.7. The van der Waals surface area contributed by atoms with E-state index in [1.807, 2.05) is 67.2 Å². The van der Waals surface area contributed by atoms with Gasteiger partial charge in [-0.15, -0.1) is 0 Å². The molecular formula is C21H24N2O2S. The topological polar surface area (TPSA) is 42.5 Å². The van der Waals surface area contributed by atoms with Crippen molar-refractivity contribution in [1.82, 2.24) is 0 Å². The molecule has 0 amide bonds. The summed E-state index contributed by atoms with van der Waals surface area (Å²) in [5, 5.41) is 0.403. The van der Waals surface area contributed by atoms with Crippen LogP contribution in [0, 0.1) is 13.8 Å². The first-order valence-electron chi connectivity index (χ1n) is 8.96. The van der Waals surface area contributed by atoms with Crippen molar-refractivity contribution in [3.63, 3.8) is 0 Å². The molecule has 0 bridgehead atoms. The van der Waals surface area contributed by atoms with Gasteiger partial charge in [-0.05, 0) is 48.9 Å². The third kappa shape index (κ3) is 4.34. The van der Waals surface area contributed by atoms with Gasteiger partial charge >= 0.3 is 0 Å². The first-order chi connectivity index (χ1) is 12.6. The smallest absolute Gasteiger partial charge is 0.237 e. The van der Waals surface area contributed by atoms with Gasteiger partial charge in [-0.3, -0.25) is 4.79 Å². The molecule has 1 aliphatic rings. The van der Waals surface area contributed by atoms with Crippen LogP contribution in [0.3, 0.4) is 0 Å². The standard InChI is InChI=1S/C21H24N2O2S/c1-15-8-9-17(13-16(15)2)20(24)19(23-10-4-3-5-11-23)21(26)22-14-18-7-6-12-25-18/h3-5,8-11,13,18-19H,6-7,12,14H2,1-2H3/t18-,19+/m0/s1. The minimum Gasteiger partial charge on any atom is -0.758 e. The fraction of sp³-hybridized carbons (Fsp3) is 0.381. The van der Waals surface area contributed by atoms with E-state index in [1.54, 1.807) is 0 Å². The van der Waals surface area contributed by atoms with E-state index in [0.29, 0.717) is 17.2 Å². The van der Waals surface area contributed by atoms with Gasteiger partial charge in [-0.25, -0.2) is 0 Å². The summed E-state index contributed by atoms with van der Waals surface area (Å²) in [6.07, 6.45) is 5.90. The fourth-order valence-electron chi connectivity index (χ4n) is 3.08. The molecule has 1 fully saturated rings. The zero-order chi connectivity index (χ0) is 18.5. The number of hydrogen-bond acceptors (Lipinski definition) is 4. The second kappa shape index (κ2) is 8.52. The van der Waals surface area contributed by atoms with E-state index in [0.717, 1.165) is 30.6 Å². The number of aliphatic imine (C=N–C) groups is 1. The van der Waals surface area contributed by atoms with Gasteiger partial charge < -0.3 is 22.4 Å². The molecule has 3 rings (SSSR count). The van der Waals surface area contributed by atoms with Crippen molar-refractivity contribution in [3.05, 3.63) is 65.5 Å². The van der Waals surface area contributed by atoms with E-state index < -0.39 is 6.04 Å². The van der Waals surface area contributed by atoms with Crippen LogP contribution in [0.4, 0.5) is 0 Å². The SMILES string of the molecule is Cc1ccc(C(=O)[C@H](C([S-])=NC[C@@H]2CCCO2)[n+]2ccccc2)cc1C. The maximum atomic E-state index is 13.2. The van der Waals surface area contributed by atoms with E-state index in [9.17, 15) is 4.79 Å². The van der Waals surface area contributed by atoms with Crippen LogP contribution in [0.2, 0.25) is 0 Å². The number of hydrogen-bond donors (Lipinski definition) is 0. The third-order valence-corrected chi connectivity index (χ3v) is 5.14. The summed E-state index contributed by atoms with van der Waals surface area (Å²) < 4.78 is 7.45. The highest BCUT2D eigenvalue weighted by Crippen LogP contribution is 2.17. The Hall–Kier alpha value is -2.11. The number of carbonyl (C=O) groups is 1. The average molecular weight is 369 g/mol. The van der Waals surface area contributed by atoms with E-state index in [2.05, 4.69) is 4.99 Å². The summed E-state index contributed by atoms with van der Waals surface area (Å²) in [4.78, 5) is 17.8. The highest BCUT2D eigenvalue weighted by atomic mass is 32.1. The van der Waals surface area contributed by atoms with E-state index in [4.69, 9.17) is 17.4 Å².